The Hall–Kier alpha value is -3.96. The fourth-order valence-corrected chi connectivity index (χ4v) is 4.40. The summed E-state index contributed by atoms with van der Waals surface area (Å²) >= 11 is 6.22. The third kappa shape index (κ3) is 8.79. The molecule has 0 aromatic heterocycles. The molecule has 1 amide bonds. The molecule has 2 aliphatic heterocycles. The maximum atomic E-state index is 11.5. The van der Waals surface area contributed by atoms with Gasteiger partial charge < -0.3 is 39.3 Å². The van der Waals surface area contributed by atoms with Crippen LogP contribution in [0, 0.1) is 0 Å². The van der Waals surface area contributed by atoms with Gasteiger partial charge in [-0.15, -0.1) is 0 Å². The van der Waals surface area contributed by atoms with E-state index in [0.717, 1.165) is 55.5 Å². The molecule has 2 aromatic carbocycles. The number of nitrogens with zero attached hydrogens (tertiary/aromatic N) is 4. The van der Waals surface area contributed by atoms with Crippen molar-refractivity contribution in [3.63, 3.8) is 0 Å². The normalized spacial score (nSPS) is 15.9. The fourth-order valence-electron chi connectivity index (χ4n) is 4.16. The molecule has 0 spiro atoms. The van der Waals surface area contributed by atoms with E-state index in [1.807, 2.05) is 24.3 Å². The van der Waals surface area contributed by atoms with Gasteiger partial charge in [-0.25, -0.2) is 14.4 Å². The Kier molecular flexibility index (Phi) is 10.8. The Labute approximate surface area is 232 Å². The van der Waals surface area contributed by atoms with E-state index in [1.165, 1.54) is 4.90 Å². The predicted octanol–water partition coefficient (Wildman–Crippen LogP) is 3.13. The molecule has 0 atom stereocenters. The molecule has 12 heteroatoms. The van der Waals surface area contributed by atoms with Gasteiger partial charge in [-0.3, -0.25) is 0 Å². The molecular formula is C27H33ClN4O7. The Morgan fingerprint density at radius 1 is 0.846 bits per heavy atom. The Morgan fingerprint density at radius 3 is 2.08 bits per heavy atom. The van der Waals surface area contributed by atoms with Crippen LogP contribution >= 0.6 is 11.6 Å². The largest absolute Gasteiger partial charge is 0.495 e. The average molecular weight is 561 g/mol. The van der Waals surface area contributed by atoms with Crippen molar-refractivity contribution < 1.29 is 34.1 Å². The quantitative estimate of drug-likeness (QED) is 0.309. The molecule has 0 bridgehead atoms. The summed E-state index contributed by atoms with van der Waals surface area (Å²) in [6.07, 6.45) is 0.760. The number of anilines is 2. The van der Waals surface area contributed by atoms with Crippen LogP contribution in [0.15, 0.2) is 54.6 Å². The van der Waals surface area contributed by atoms with Gasteiger partial charge in [0.2, 0.25) is 0 Å². The maximum absolute atomic E-state index is 11.5. The lowest BCUT2D eigenvalue weighted by atomic mass is 10.2. The van der Waals surface area contributed by atoms with Crippen LogP contribution in [0.5, 0.6) is 11.5 Å². The number of carboxylic acids is 1. The fraction of sp³-hybridized carbons (Fsp3) is 0.370. The Bertz CT molecular complexity index is 1180. The van der Waals surface area contributed by atoms with Crippen LogP contribution in [0.25, 0.3) is 0 Å². The average Bonchev–Trinajstić information content (AvgIpc) is 2.94. The van der Waals surface area contributed by atoms with Crippen molar-refractivity contribution in [3.05, 3.63) is 59.6 Å². The number of rotatable bonds is 6. The highest BCUT2D eigenvalue weighted by Gasteiger charge is 2.22. The molecular weight excluding hydrogens is 528 g/mol. The summed E-state index contributed by atoms with van der Waals surface area (Å²) < 4.78 is 10.4. The van der Waals surface area contributed by atoms with E-state index in [2.05, 4.69) is 21.7 Å². The van der Waals surface area contributed by atoms with Gasteiger partial charge in [-0.1, -0.05) is 23.7 Å². The molecule has 11 nitrogen and oxygen atoms in total. The van der Waals surface area contributed by atoms with Crippen molar-refractivity contribution >= 4 is 41.0 Å². The summed E-state index contributed by atoms with van der Waals surface area (Å²) in [6, 6.07) is 12.7. The third-order valence-electron chi connectivity index (χ3n) is 6.32. The molecule has 0 unspecified atom stereocenters. The Balaban J connectivity index is 0.000000223. The van der Waals surface area contributed by atoms with Gasteiger partial charge in [0.1, 0.15) is 11.5 Å². The number of benzene rings is 2. The zero-order chi connectivity index (χ0) is 28.4. The number of carbonyl (C=O) groups excluding carboxylic acids is 1. The number of hydrogen-bond acceptors (Lipinski definition) is 8. The molecule has 2 fully saturated rings. The van der Waals surface area contributed by atoms with Gasteiger partial charge in [0, 0.05) is 70.6 Å². The lowest BCUT2D eigenvalue weighted by molar-refractivity contribution is -0.133. The van der Waals surface area contributed by atoms with Crippen molar-refractivity contribution in [1.29, 1.82) is 0 Å². The van der Waals surface area contributed by atoms with Crippen molar-refractivity contribution in [2.45, 2.75) is 0 Å². The van der Waals surface area contributed by atoms with Crippen LogP contribution < -0.4 is 19.3 Å². The second-order valence-corrected chi connectivity index (χ2v) is 9.33. The molecule has 0 saturated carbocycles. The minimum absolute atomic E-state index is 0.332. The minimum atomic E-state index is -1.20. The smallest absolute Gasteiger partial charge is 0.407 e. The number of methoxy groups -OCH3 is 1. The highest BCUT2D eigenvalue weighted by Crippen LogP contribution is 2.31. The zero-order valence-corrected chi connectivity index (χ0v) is 22.7. The molecule has 2 saturated heterocycles. The molecule has 2 aromatic rings. The minimum Gasteiger partial charge on any atom is -0.495 e. The lowest BCUT2D eigenvalue weighted by Crippen LogP contribution is -2.48. The van der Waals surface area contributed by atoms with E-state index in [1.54, 1.807) is 25.3 Å². The van der Waals surface area contributed by atoms with Gasteiger partial charge in [0.25, 0.3) is 0 Å². The van der Waals surface area contributed by atoms with Gasteiger partial charge in [-0.05, 0) is 31.3 Å². The molecule has 4 rings (SSSR count). The number of para-hydroxylation sites is 2. The second kappa shape index (κ2) is 14.3. The lowest BCUT2D eigenvalue weighted by Gasteiger charge is -2.35. The number of carboxylic acid groups (broad SMARTS) is 2. The zero-order valence-electron chi connectivity index (χ0n) is 22.0. The third-order valence-corrected chi connectivity index (χ3v) is 6.64. The molecule has 0 radical (unpaired) electrons. The second-order valence-electron chi connectivity index (χ2n) is 8.92. The standard InChI is InChI=1S/C15H17ClN2O4.C12H16N2O3/c1-17-6-8-18(9-7-17)13-10-11(2-3-12(13)16)22-15(21)5-4-14(19)20;1-17-11-5-3-2-4-10(11)13-6-8-14(9-7-13)12(15)16/h2-5,10H,6-9H2,1H3,(H,19,20);2-5H,6-9H2,1H3,(H,15,16)/b5-4+;. The van der Waals surface area contributed by atoms with Gasteiger partial charge in [0.15, 0.2) is 0 Å². The summed E-state index contributed by atoms with van der Waals surface area (Å²) in [5.74, 6) is -0.783. The van der Waals surface area contributed by atoms with E-state index in [4.69, 9.17) is 31.3 Å². The summed E-state index contributed by atoms with van der Waals surface area (Å²) in [5, 5.41) is 17.9. The number of halogens is 1. The van der Waals surface area contributed by atoms with Gasteiger partial charge >= 0.3 is 18.0 Å². The van der Waals surface area contributed by atoms with E-state index in [-0.39, 0.29) is 0 Å². The number of carbonyl (C=O) groups is 3. The monoisotopic (exact) mass is 560 g/mol. The first-order chi connectivity index (χ1) is 18.7. The van der Waals surface area contributed by atoms with E-state index >= 15 is 0 Å². The highest BCUT2D eigenvalue weighted by molar-refractivity contribution is 6.33. The van der Waals surface area contributed by atoms with Crippen molar-refractivity contribution in [3.8, 4) is 11.5 Å². The molecule has 39 heavy (non-hydrogen) atoms. The van der Waals surface area contributed by atoms with Crippen molar-refractivity contribution in [2.24, 2.45) is 0 Å². The first-order valence-electron chi connectivity index (χ1n) is 12.4. The van der Waals surface area contributed by atoms with E-state index in [0.29, 0.717) is 37.0 Å². The van der Waals surface area contributed by atoms with Crippen LogP contribution in [-0.2, 0) is 9.59 Å². The first-order valence-corrected chi connectivity index (χ1v) is 12.8. The van der Waals surface area contributed by atoms with Crippen LogP contribution in [0.3, 0.4) is 0 Å². The summed E-state index contributed by atoms with van der Waals surface area (Å²) in [7, 11) is 3.71. The number of hydrogen-bond donors (Lipinski definition) is 2. The SMILES string of the molecule is CN1CCN(c2cc(OC(=O)/C=C/C(=O)O)ccc2Cl)CC1.COc1ccccc1N1CCN(C(=O)O)CC1. The topological polar surface area (TPSA) is 123 Å². The van der Waals surface area contributed by atoms with Crippen molar-refractivity contribution in [2.75, 3.05) is 76.3 Å². The molecule has 2 heterocycles. The maximum Gasteiger partial charge on any atom is 0.407 e. The number of amides is 1. The number of ether oxygens (including phenoxy) is 2. The summed E-state index contributed by atoms with van der Waals surface area (Å²) in [5.41, 5.74) is 1.84. The summed E-state index contributed by atoms with van der Waals surface area (Å²) in [6.45, 7) is 6.02. The number of aliphatic carboxylic acids is 1. The number of piperazine rings is 2. The first kappa shape index (κ1) is 29.6. The number of likely N-dealkylation sites (N-methyl/N-ethyl adjacent to an activating group) is 1. The van der Waals surface area contributed by atoms with E-state index in [9.17, 15) is 14.4 Å². The molecule has 0 aliphatic carbocycles. The molecule has 210 valence electrons. The van der Waals surface area contributed by atoms with Gasteiger partial charge in [-0.2, -0.15) is 0 Å². The predicted molar refractivity (Wildman–Crippen MR) is 148 cm³/mol. The van der Waals surface area contributed by atoms with Crippen LogP contribution in [0.1, 0.15) is 0 Å². The van der Waals surface area contributed by atoms with Crippen LogP contribution in [0.2, 0.25) is 5.02 Å². The van der Waals surface area contributed by atoms with Crippen molar-refractivity contribution in [1.82, 2.24) is 9.80 Å². The highest BCUT2D eigenvalue weighted by atomic mass is 35.5. The molecule has 2 aliphatic rings. The van der Waals surface area contributed by atoms with Crippen LogP contribution in [0.4, 0.5) is 16.2 Å². The number of esters is 1. The van der Waals surface area contributed by atoms with Gasteiger partial charge in [0.05, 0.1) is 23.5 Å². The van der Waals surface area contributed by atoms with Crippen LogP contribution in [-0.4, -0.2) is 105 Å². The Morgan fingerprint density at radius 2 is 1.46 bits per heavy atom. The van der Waals surface area contributed by atoms with E-state index < -0.39 is 18.0 Å². The summed E-state index contributed by atoms with van der Waals surface area (Å²) in [4.78, 5) is 40.6. The molecule has 2 N–H and O–H groups in total.